The van der Waals surface area contributed by atoms with Crippen LogP contribution in [0.2, 0.25) is 0 Å². The molecule has 1 heterocycles. The first-order chi connectivity index (χ1) is 19.1. The van der Waals surface area contributed by atoms with Crippen LogP contribution in [0, 0.1) is 0 Å². The highest BCUT2D eigenvalue weighted by molar-refractivity contribution is 5.89. The minimum Gasteiger partial charge on any atom is -0.497 e. The van der Waals surface area contributed by atoms with Crippen LogP contribution in [0.25, 0.3) is 11.0 Å². The molecule has 0 saturated heterocycles. The van der Waals surface area contributed by atoms with Crippen LogP contribution in [0.15, 0.2) is 72.8 Å². The molecule has 0 radical (unpaired) electrons. The molecule has 1 aromatic heterocycles. The smallest absolute Gasteiger partial charge is 0.247 e. The van der Waals surface area contributed by atoms with Crippen molar-refractivity contribution < 1.29 is 19.1 Å². The molecule has 0 aliphatic heterocycles. The highest BCUT2D eigenvalue weighted by atomic mass is 16.5. The van der Waals surface area contributed by atoms with Crippen LogP contribution in [-0.4, -0.2) is 52.0 Å². The molecule has 0 unspecified atom stereocenters. The fraction of sp³-hybridized carbons (Fsp3) is 0.333. The summed E-state index contributed by atoms with van der Waals surface area (Å²) in [7, 11) is 3.18. The average molecular weight is 528 g/mol. The van der Waals surface area contributed by atoms with E-state index >= 15 is 0 Å². The van der Waals surface area contributed by atoms with Gasteiger partial charge in [-0.25, -0.2) is 4.68 Å². The number of ether oxygens (including phenoxy) is 2. The Hall–Kier alpha value is -4.40. The van der Waals surface area contributed by atoms with E-state index in [1.807, 2.05) is 72.8 Å². The Balaban J connectivity index is 1.56. The first-order valence-corrected chi connectivity index (χ1v) is 13.2. The third-order valence-corrected chi connectivity index (χ3v) is 7.23. The number of nitrogens with zero attached hydrogens (tertiary/aromatic N) is 4. The maximum atomic E-state index is 14.2. The van der Waals surface area contributed by atoms with E-state index in [0.29, 0.717) is 22.6 Å². The summed E-state index contributed by atoms with van der Waals surface area (Å²) in [5.41, 5.74) is 2.90. The van der Waals surface area contributed by atoms with Gasteiger partial charge in [-0.15, -0.1) is 5.10 Å². The predicted octanol–water partition coefficient (Wildman–Crippen LogP) is 4.28. The lowest BCUT2D eigenvalue weighted by Crippen LogP contribution is -2.46. The van der Waals surface area contributed by atoms with Crippen molar-refractivity contribution in [3.8, 4) is 11.5 Å². The SMILES string of the molecule is COc1cccc([C@H](C(=O)NC2CCCC2)N(Cc2ccccc2OC)C(=O)Cn2nnc3ccccc32)c1. The van der Waals surface area contributed by atoms with Gasteiger partial charge in [0.15, 0.2) is 0 Å². The summed E-state index contributed by atoms with van der Waals surface area (Å²) in [6.07, 6.45) is 4.03. The van der Waals surface area contributed by atoms with Crippen LogP contribution in [0.4, 0.5) is 0 Å². The summed E-state index contributed by atoms with van der Waals surface area (Å²) in [4.78, 5) is 29.8. The highest BCUT2D eigenvalue weighted by Crippen LogP contribution is 2.30. The van der Waals surface area contributed by atoms with Gasteiger partial charge in [0.1, 0.15) is 29.6 Å². The second kappa shape index (κ2) is 12.0. The molecule has 4 aromatic rings. The minimum atomic E-state index is -0.895. The van der Waals surface area contributed by atoms with Crippen LogP contribution in [0.3, 0.4) is 0 Å². The molecule has 1 fully saturated rings. The summed E-state index contributed by atoms with van der Waals surface area (Å²) in [5.74, 6) is 0.757. The summed E-state index contributed by atoms with van der Waals surface area (Å²) in [5, 5.41) is 11.6. The Kier molecular flexibility index (Phi) is 8.05. The number of hydrogen-bond acceptors (Lipinski definition) is 6. The molecule has 3 aromatic carbocycles. The number of fused-ring (bicyclic) bond motifs is 1. The molecule has 1 saturated carbocycles. The van der Waals surface area contributed by atoms with Crippen LogP contribution >= 0.6 is 0 Å². The quantitative estimate of drug-likeness (QED) is 0.331. The van der Waals surface area contributed by atoms with Crippen molar-refractivity contribution >= 4 is 22.8 Å². The molecule has 2 amide bonds. The summed E-state index contributed by atoms with van der Waals surface area (Å²) in [6.45, 7) is 0.0856. The number of aromatic nitrogens is 3. The predicted molar refractivity (Wildman–Crippen MR) is 147 cm³/mol. The van der Waals surface area contributed by atoms with Gasteiger partial charge in [0, 0.05) is 11.6 Å². The van der Waals surface area contributed by atoms with E-state index in [-0.39, 0.29) is 30.9 Å². The van der Waals surface area contributed by atoms with Crippen molar-refractivity contribution in [2.45, 2.75) is 50.9 Å². The van der Waals surface area contributed by atoms with Crippen LogP contribution in [0.1, 0.15) is 42.9 Å². The molecule has 9 nitrogen and oxygen atoms in total. The molecule has 5 rings (SSSR count). The molecule has 0 spiro atoms. The Morgan fingerprint density at radius 3 is 2.56 bits per heavy atom. The second-order valence-electron chi connectivity index (χ2n) is 9.74. The molecular formula is C30H33N5O4. The summed E-state index contributed by atoms with van der Waals surface area (Å²) >= 11 is 0. The zero-order valence-electron chi connectivity index (χ0n) is 22.2. The standard InChI is InChI=1S/C30H33N5O4/c1-38-24-14-9-11-21(18-24)29(30(37)31-23-12-4-5-13-23)34(19-22-10-3-8-17-27(22)39-2)28(36)20-35-26-16-7-6-15-25(26)32-33-35/h3,6-11,14-18,23,29H,4-5,12-13,19-20H2,1-2H3,(H,31,37)/t29-/m1/s1. The first-order valence-electron chi connectivity index (χ1n) is 13.2. The number of carbonyl (C=O) groups excluding carboxylic acids is 2. The average Bonchev–Trinajstić information content (AvgIpc) is 3.63. The normalized spacial score (nSPS) is 14.2. The second-order valence-corrected chi connectivity index (χ2v) is 9.74. The third kappa shape index (κ3) is 5.87. The fourth-order valence-corrected chi connectivity index (χ4v) is 5.23. The molecule has 39 heavy (non-hydrogen) atoms. The van der Waals surface area contributed by atoms with Crippen molar-refractivity contribution in [2.75, 3.05) is 14.2 Å². The number of hydrogen-bond donors (Lipinski definition) is 1. The van der Waals surface area contributed by atoms with Crippen LogP contribution in [0.5, 0.6) is 11.5 Å². The van der Waals surface area contributed by atoms with Crippen molar-refractivity contribution in [2.24, 2.45) is 0 Å². The van der Waals surface area contributed by atoms with Gasteiger partial charge in [0.05, 0.1) is 26.3 Å². The van der Waals surface area contributed by atoms with Gasteiger partial charge >= 0.3 is 0 Å². The van der Waals surface area contributed by atoms with Gasteiger partial charge in [0.2, 0.25) is 11.8 Å². The topological polar surface area (TPSA) is 98.6 Å². The summed E-state index contributed by atoms with van der Waals surface area (Å²) < 4.78 is 12.6. The lowest BCUT2D eigenvalue weighted by molar-refractivity contribution is -0.142. The van der Waals surface area contributed by atoms with E-state index in [9.17, 15) is 9.59 Å². The van der Waals surface area contributed by atoms with Crippen molar-refractivity contribution in [3.63, 3.8) is 0 Å². The van der Waals surface area contributed by atoms with Gasteiger partial charge in [-0.1, -0.05) is 60.5 Å². The van der Waals surface area contributed by atoms with Gasteiger partial charge in [-0.2, -0.15) is 0 Å². The van der Waals surface area contributed by atoms with E-state index in [1.165, 1.54) is 0 Å². The summed E-state index contributed by atoms with van der Waals surface area (Å²) in [6, 6.07) is 21.5. The Morgan fingerprint density at radius 1 is 1.00 bits per heavy atom. The maximum absolute atomic E-state index is 14.2. The largest absolute Gasteiger partial charge is 0.497 e. The molecule has 202 valence electrons. The van der Waals surface area contributed by atoms with E-state index in [4.69, 9.17) is 9.47 Å². The lowest BCUT2D eigenvalue weighted by Gasteiger charge is -2.33. The van der Waals surface area contributed by atoms with Gasteiger partial charge in [-0.05, 0) is 48.7 Å². The Labute approximate surface area is 227 Å². The van der Waals surface area contributed by atoms with Crippen molar-refractivity contribution in [1.29, 1.82) is 0 Å². The number of benzene rings is 3. The maximum Gasteiger partial charge on any atom is 0.247 e. The number of nitrogens with one attached hydrogen (secondary N) is 1. The van der Waals surface area contributed by atoms with Gasteiger partial charge in [-0.3, -0.25) is 9.59 Å². The number of rotatable bonds is 10. The molecule has 1 N–H and O–H groups in total. The molecule has 0 bridgehead atoms. The monoisotopic (exact) mass is 527 g/mol. The third-order valence-electron chi connectivity index (χ3n) is 7.23. The number of para-hydroxylation sites is 2. The van der Waals surface area contributed by atoms with Gasteiger partial charge in [0.25, 0.3) is 0 Å². The van der Waals surface area contributed by atoms with E-state index in [0.717, 1.165) is 36.8 Å². The van der Waals surface area contributed by atoms with Crippen molar-refractivity contribution in [1.82, 2.24) is 25.2 Å². The molecule has 1 aliphatic carbocycles. The molecule has 9 heteroatoms. The number of methoxy groups -OCH3 is 2. The van der Waals surface area contributed by atoms with Crippen LogP contribution < -0.4 is 14.8 Å². The number of amides is 2. The molecular weight excluding hydrogens is 494 g/mol. The highest BCUT2D eigenvalue weighted by Gasteiger charge is 2.34. The molecule has 1 atom stereocenters. The zero-order chi connectivity index (χ0) is 27.2. The fourth-order valence-electron chi connectivity index (χ4n) is 5.23. The van der Waals surface area contributed by atoms with Crippen LogP contribution in [-0.2, 0) is 22.7 Å². The van der Waals surface area contributed by atoms with E-state index in [1.54, 1.807) is 23.8 Å². The molecule has 1 aliphatic rings. The van der Waals surface area contributed by atoms with E-state index < -0.39 is 6.04 Å². The first kappa shape index (κ1) is 26.2. The Morgan fingerprint density at radius 2 is 1.77 bits per heavy atom. The Bertz CT molecular complexity index is 1450. The zero-order valence-corrected chi connectivity index (χ0v) is 22.2. The minimum absolute atomic E-state index is 0.0765. The number of carbonyl (C=O) groups is 2. The lowest BCUT2D eigenvalue weighted by atomic mass is 10.0. The van der Waals surface area contributed by atoms with Crippen molar-refractivity contribution in [3.05, 3.63) is 83.9 Å². The van der Waals surface area contributed by atoms with Gasteiger partial charge < -0.3 is 19.7 Å². The van der Waals surface area contributed by atoms with E-state index in [2.05, 4.69) is 15.6 Å².